The predicted molar refractivity (Wildman–Crippen MR) is 123 cm³/mol. The third-order valence-electron chi connectivity index (χ3n) is 5.01. The number of nitrogens with one attached hydrogen (secondary N) is 1. The molecule has 0 fully saturated rings. The molecule has 0 aliphatic carbocycles. The lowest BCUT2D eigenvalue weighted by molar-refractivity contribution is 0.256. The van der Waals surface area contributed by atoms with Gasteiger partial charge >= 0.3 is 0 Å². The number of nitriles is 1. The first kappa shape index (κ1) is 21.0. The van der Waals surface area contributed by atoms with E-state index in [2.05, 4.69) is 4.98 Å². The van der Waals surface area contributed by atoms with E-state index in [0.29, 0.717) is 41.5 Å². The van der Waals surface area contributed by atoms with Crippen molar-refractivity contribution in [3.8, 4) is 28.7 Å². The average molecular weight is 422 g/mol. The molecule has 0 saturated carbocycles. The highest BCUT2D eigenvalue weighted by Gasteiger charge is 2.14. The minimum Gasteiger partial charge on any atom is -0.485 e. The lowest BCUT2D eigenvalue weighted by Gasteiger charge is -2.15. The van der Waals surface area contributed by atoms with Crippen molar-refractivity contribution in [2.45, 2.75) is 20.1 Å². The van der Waals surface area contributed by atoms with Gasteiger partial charge in [-0.2, -0.15) is 5.26 Å². The summed E-state index contributed by atoms with van der Waals surface area (Å²) >= 11 is 0. The third kappa shape index (κ3) is 4.88. The molecule has 0 radical (unpaired) electrons. The quantitative estimate of drug-likeness (QED) is 0.434. The Bertz CT molecular complexity index is 1310. The number of aromatic amines is 1. The van der Waals surface area contributed by atoms with Gasteiger partial charge in [-0.05, 0) is 41.8 Å². The molecule has 4 aromatic rings. The van der Waals surface area contributed by atoms with Crippen LogP contribution in [0.15, 0.2) is 89.7 Å². The Kier molecular flexibility index (Phi) is 6.33. The first-order chi connectivity index (χ1) is 15.6. The fourth-order valence-corrected chi connectivity index (χ4v) is 3.41. The number of H-pyrrole nitrogens is 1. The van der Waals surface area contributed by atoms with Crippen molar-refractivity contribution in [2.24, 2.45) is 0 Å². The molecule has 1 aromatic heterocycles. The Labute approximate surface area is 186 Å². The number of hydrogen-bond donors (Lipinski definition) is 1. The van der Waals surface area contributed by atoms with Crippen LogP contribution in [-0.4, -0.2) is 4.98 Å². The van der Waals surface area contributed by atoms with Gasteiger partial charge in [0.25, 0.3) is 5.56 Å². The molecule has 0 aliphatic heterocycles. The van der Waals surface area contributed by atoms with Gasteiger partial charge in [0.1, 0.15) is 24.8 Å². The zero-order valence-electron chi connectivity index (χ0n) is 17.7. The van der Waals surface area contributed by atoms with E-state index in [1.165, 1.54) is 0 Å². The number of rotatable bonds is 7. The van der Waals surface area contributed by atoms with E-state index in [4.69, 9.17) is 9.47 Å². The maximum Gasteiger partial charge on any atom is 0.266 e. The van der Waals surface area contributed by atoms with Crippen molar-refractivity contribution < 1.29 is 9.47 Å². The van der Waals surface area contributed by atoms with E-state index < -0.39 is 5.56 Å². The number of ether oxygens (including phenoxy) is 2. The highest BCUT2D eigenvalue weighted by molar-refractivity contribution is 5.72. The van der Waals surface area contributed by atoms with E-state index in [-0.39, 0.29) is 5.56 Å². The van der Waals surface area contributed by atoms with Crippen molar-refractivity contribution in [2.75, 3.05) is 0 Å². The van der Waals surface area contributed by atoms with Crippen LogP contribution in [0.5, 0.6) is 11.5 Å². The number of aromatic nitrogens is 1. The molecule has 0 spiro atoms. The molecule has 5 heteroatoms. The van der Waals surface area contributed by atoms with Crippen LogP contribution in [0.4, 0.5) is 0 Å². The molecule has 0 unspecified atom stereocenters. The van der Waals surface area contributed by atoms with Gasteiger partial charge in [-0.15, -0.1) is 0 Å². The summed E-state index contributed by atoms with van der Waals surface area (Å²) < 4.78 is 12.2. The molecule has 3 aromatic carbocycles. The summed E-state index contributed by atoms with van der Waals surface area (Å²) in [5, 5.41) is 9.51. The summed E-state index contributed by atoms with van der Waals surface area (Å²) in [6.45, 7) is 2.55. The molecule has 158 valence electrons. The summed E-state index contributed by atoms with van der Waals surface area (Å²) in [6, 6.07) is 29.0. The van der Waals surface area contributed by atoms with Crippen molar-refractivity contribution in [3.05, 3.63) is 118 Å². The standard InChI is InChI=1S/C27H22N2O3/c1-19-14-23(24(16-28)27(30)29-19)22-12-13-25(31-17-20-8-4-2-5-9-20)26(15-22)32-18-21-10-6-3-7-11-21/h2-15H,17-18H2,1H3,(H,29,30). The van der Waals surface area contributed by atoms with Crippen LogP contribution in [0, 0.1) is 18.3 Å². The zero-order valence-corrected chi connectivity index (χ0v) is 17.7. The van der Waals surface area contributed by atoms with Gasteiger partial charge < -0.3 is 14.5 Å². The van der Waals surface area contributed by atoms with E-state index in [1.54, 1.807) is 13.0 Å². The van der Waals surface area contributed by atoms with Crippen LogP contribution in [0.2, 0.25) is 0 Å². The van der Waals surface area contributed by atoms with Gasteiger partial charge in [-0.25, -0.2) is 0 Å². The second kappa shape index (κ2) is 9.67. The zero-order chi connectivity index (χ0) is 22.3. The SMILES string of the molecule is Cc1cc(-c2ccc(OCc3ccccc3)c(OCc3ccccc3)c2)c(C#N)c(=O)[nH]1. The molecule has 0 bridgehead atoms. The van der Waals surface area contributed by atoms with Crippen LogP contribution in [0.3, 0.4) is 0 Å². The lowest BCUT2D eigenvalue weighted by atomic mass is 10.0. The molecule has 0 amide bonds. The first-order valence-electron chi connectivity index (χ1n) is 10.3. The molecular formula is C27H22N2O3. The number of nitrogens with zero attached hydrogens (tertiary/aromatic N) is 1. The number of aryl methyl sites for hydroxylation is 1. The molecular weight excluding hydrogens is 400 g/mol. The second-order valence-electron chi connectivity index (χ2n) is 7.39. The fourth-order valence-electron chi connectivity index (χ4n) is 3.41. The normalized spacial score (nSPS) is 10.4. The van der Waals surface area contributed by atoms with Gasteiger partial charge in [0.2, 0.25) is 0 Å². The molecule has 32 heavy (non-hydrogen) atoms. The van der Waals surface area contributed by atoms with Gasteiger partial charge in [0.15, 0.2) is 11.5 Å². The van der Waals surface area contributed by atoms with Crippen molar-refractivity contribution in [1.82, 2.24) is 4.98 Å². The number of pyridine rings is 1. The average Bonchev–Trinajstić information content (AvgIpc) is 2.82. The fraction of sp³-hybridized carbons (Fsp3) is 0.111. The van der Waals surface area contributed by atoms with Gasteiger partial charge in [-0.3, -0.25) is 4.79 Å². The largest absolute Gasteiger partial charge is 0.485 e. The third-order valence-corrected chi connectivity index (χ3v) is 5.01. The molecule has 4 rings (SSSR count). The summed E-state index contributed by atoms with van der Waals surface area (Å²) in [4.78, 5) is 14.9. The molecule has 0 saturated heterocycles. The summed E-state index contributed by atoms with van der Waals surface area (Å²) in [6.07, 6.45) is 0. The Hall–Kier alpha value is -4.30. The van der Waals surface area contributed by atoms with Crippen molar-refractivity contribution >= 4 is 0 Å². The van der Waals surface area contributed by atoms with Gasteiger partial charge in [-0.1, -0.05) is 66.7 Å². The van der Waals surface area contributed by atoms with Crippen molar-refractivity contribution in [1.29, 1.82) is 5.26 Å². The van der Waals surface area contributed by atoms with Crippen LogP contribution in [0.25, 0.3) is 11.1 Å². The second-order valence-corrected chi connectivity index (χ2v) is 7.39. The summed E-state index contributed by atoms with van der Waals surface area (Å²) in [5.74, 6) is 1.14. The Balaban J connectivity index is 1.69. The Morgan fingerprint density at radius 3 is 2.00 bits per heavy atom. The van der Waals surface area contributed by atoms with Crippen LogP contribution in [-0.2, 0) is 13.2 Å². The first-order valence-corrected chi connectivity index (χ1v) is 10.3. The minimum atomic E-state index is -0.404. The van der Waals surface area contributed by atoms with Crippen LogP contribution < -0.4 is 15.0 Å². The maximum atomic E-state index is 12.3. The summed E-state index contributed by atoms with van der Waals surface area (Å²) in [5.41, 5.74) is 3.69. The van der Waals surface area contributed by atoms with Gasteiger partial charge in [0, 0.05) is 11.3 Å². The van der Waals surface area contributed by atoms with E-state index in [9.17, 15) is 10.1 Å². The Morgan fingerprint density at radius 1 is 0.812 bits per heavy atom. The summed E-state index contributed by atoms with van der Waals surface area (Å²) in [7, 11) is 0. The molecule has 0 aliphatic rings. The van der Waals surface area contributed by atoms with Crippen molar-refractivity contribution in [3.63, 3.8) is 0 Å². The lowest BCUT2D eigenvalue weighted by Crippen LogP contribution is -2.12. The number of hydrogen-bond acceptors (Lipinski definition) is 4. The Morgan fingerprint density at radius 2 is 1.41 bits per heavy atom. The highest BCUT2D eigenvalue weighted by Crippen LogP contribution is 2.34. The maximum absolute atomic E-state index is 12.3. The smallest absolute Gasteiger partial charge is 0.266 e. The van der Waals surface area contributed by atoms with E-state index in [1.807, 2.05) is 84.9 Å². The van der Waals surface area contributed by atoms with E-state index >= 15 is 0 Å². The number of benzene rings is 3. The molecule has 0 atom stereocenters. The van der Waals surface area contributed by atoms with E-state index in [0.717, 1.165) is 11.1 Å². The monoisotopic (exact) mass is 422 g/mol. The molecule has 1 heterocycles. The van der Waals surface area contributed by atoms with Crippen LogP contribution in [0.1, 0.15) is 22.4 Å². The minimum absolute atomic E-state index is 0.0718. The predicted octanol–water partition coefficient (Wildman–Crippen LogP) is 5.38. The van der Waals surface area contributed by atoms with Crippen LogP contribution >= 0.6 is 0 Å². The topological polar surface area (TPSA) is 75.1 Å². The molecule has 5 nitrogen and oxygen atoms in total. The van der Waals surface area contributed by atoms with Gasteiger partial charge in [0.05, 0.1) is 0 Å². The molecule has 1 N–H and O–H groups in total. The highest BCUT2D eigenvalue weighted by atomic mass is 16.5.